The van der Waals surface area contributed by atoms with Crippen LogP contribution in [0.25, 0.3) is 0 Å². The fourth-order valence-electron chi connectivity index (χ4n) is 2.65. The van der Waals surface area contributed by atoms with E-state index < -0.39 is 0 Å². The van der Waals surface area contributed by atoms with Crippen LogP contribution in [0.2, 0.25) is 0 Å². The number of carbonyl (C=O) groups excluding carboxylic acids is 1. The molecule has 1 aliphatic rings. The first-order chi connectivity index (χ1) is 11.3. The summed E-state index contributed by atoms with van der Waals surface area (Å²) in [6.45, 7) is 1.78. The highest BCUT2D eigenvalue weighted by Gasteiger charge is 2.22. The monoisotopic (exact) mass is 363 g/mol. The van der Waals surface area contributed by atoms with E-state index in [9.17, 15) is 4.79 Å². The first-order valence-corrected chi connectivity index (χ1v) is 10.8. The summed E-state index contributed by atoms with van der Waals surface area (Å²) in [6.07, 6.45) is 1.71. The second-order valence-electron chi connectivity index (χ2n) is 5.46. The average molecular weight is 364 g/mol. The molecular weight excluding hydrogens is 342 g/mol. The van der Waals surface area contributed by atoms with Gasteiger partial charge in [0.05, 0.1) is 0 Å². The van der Waals surface area contributed by atoms with Gasteiger partial charge >= 0.3 is 0 Å². The van der Waals surface area contributed by atoms with E-state index in [0.29, 0.717) is 17.6 Å². The van der Waals surface area contributed by atoms with Crippen LogP contribution in [0.1, 0.15) is 23.0 Å². The zero-order chi connectivity index (χ0) is 15.9. The molecular formula is C18H21NOS3. The molecule has 1 saturated heterocycles. The quantitative estimate of drug-likeness (QED) is 0.702. The molecule has 0 spiro atoms. The van der Waals surface area contributed by atoms with E-state index in [0.717, 1.165) is 31.0 Å². The van der Waals surface area contributed by atoms with Crippen molar-refractivity contribution in [3.63, 3.8) is 0 Å². The fourth-order valence-corrected chi connectivity index (χ4v) is 5.75. The number of hydrogen-bond donors (Lipinski definition) is 0. The number of benzene rings is 1. The van der Waals surface area contributed by atoms with Crippen LogP contribution < -0.4 is 0 Å². The van der Waals surface area contributed by atoms with Crippen LogP contribution in [-0.4, -0.2) is 35.4 Å². The Hall–Kier alpha value is -0.910. The largest absolute Gasteiger partial charge is 0.342 e. The Labute approximate surface area is 150 Å². The summed E-state index contributed by atoms with van der Waals surface area (Å²) in [5.74, 6) is 2.21. The molecule has 1 aromatic carbocycles. The van der Waals surface area contributed by atoms with E-state index in [1.165, 1.54) is 9.77 Å². The number of nitrogens with zero attached hydrogens (tertiary/aromatic N) is 1. The molecule has 3 rings (SSSR count). The molecule has 1 fully saturated rings. The van der Waals surface area contributed by atoms with E-state index in [4.69, 9.17) is 0 Å². The molecule has 2 nitrogen and oxygen atoms in total. The van der Waals surface area contributed by atoms with Gasteiger partial charge in [0.1, 0.15) is 0 Å². The first-order valence-electron chi connectivity index (χ1n) is 7.93. The van der Waals surface area contributed by atoms with Crippen molar-refractivity contribution in [1.29, 1.82) is 0 Å². The van der Waals surface area contributed by atoms with Gasteiger partial charge in [-0.2, -0.15) is 11.8 Å². The molecule has 0 unspecified atom stereocenters. The van der Waals surface area contributed by atoms with Crippen molar-refractivity contribution < 1.29 is 4.79 Å². The normalized spacial score (nSPS) is 18.6. The van der Waals surface area contributed by atoms with Gasteiger partial charge in [-0.15, -0.1) is 23.1 Å². The number of carbonyl (C=O) groups is 1. The lowest BCUT2D eigenvalue weighted by Gasteiger charge is -2.20. The number of thiophene rings is 1. The minimum absolute atomic E-state index is 0.306. The van der Waals surface area contributed by atoms with Crippen molar-refractivity contribution in [3.05, 3.63) is 52.7 Å². The molecule has 23 heavy (non-hydrogen) atoms. The summed E-state index contributed by atoms with van der Waals surface area (Å²) in [5, 5.41) is 2.70. The van der Waals surface area contributed by atoms with Crippen molar-refractivity contribution in [3.8, 4) is 0 Å². The lowest BCUT2D eigenvalue weighted by molar-refractivity contribution is -0.130. The minimum atomic E-state index is 0.306. The maximum atomic E-state index is 12.4. The van der Waals surface area contributed by atoms with Gasteiger partial charge in [0.15, 0.2) is 0 Å². The van der Waals surface area contributed by atoms with Crippen LogP contribution in [0.3, 0.4) is 0 Å². The Morgan fingerprint density at radius 1 is 1.17 bits per heavy atom. The first kappa shape index (κ1) is 16.9. The predicted molar refractivity (Wildman–Crippen MR) is 102 cm³/mol. The summed E-state index contributed by atoms with van der Waals surface area (Å²) in [4.78, 5) is 17.2. The highest BCUT2D eigenvalue weighted by atomic mass is 32.2. The maximum Gasteiger partial charge on any atom is 0.223 e. The third kappa shape index (κ3) is 5.03. The van der Waals surface area contributed by atoms with Crippen LogP contribution in [0.5, 0.6) is 0 Å². The SMILES string of the molecule is O=C(CCSc1ccccc1)N1CCS[C@H](c2cccs2)CC1. The zero-order valence-electron chi connectivity index (χ0n) is 13.0. The van der Waals surface area contributed by atoms with Gasteiger partial charge in [0.2, 0.25) is 5.91 Å². The lowest BCUT2D eigenvalue weighted by atomic mass is 10.2. The summed E-state index contributed by atoms with van der Waals surface area (Å²) < 4.78 is 0. The Bertz CT molecular complexity index is 600. The molecule has 2 heterocycles. The van der Waals surface area contributed by atoms with Crippen molar-refractivity contribution in [2.75, 3.05) is 24.6 Å². The second-order valence-corrected chi connectivity index (χ2v) is 8.91. The van der Waals surface area contributed by atoms with Gasteiger partial charge in [-0.05, 0) is 30.0 Å². The summed E-state index contributed by atoms with van der Waals surface area (Å²) in [6, 6.07) is 14.6. The van der Waals surface area contributed by atoms with Crippen LogP contribution in [0.4, 0.5) is 0 Å². The number of amides is 1. The Balaban J connectivity index is 1.44. The standard InChI is InChI=1S/C18H21NOS3/c20-18(9-13-21-15-5-2-1-3-6-15)19-10-8-17(23-14-11-19)16-7-4-12-22-16/h1-7,12,17H,8-11,13-14H2/t17-/m0/s1. The summed E-state index contributed by atoms with van der Waals surface area (Å²) in [7, 11) is 0. The van der Waals surface area contributed by atoms with Crippen LogP contribution in [0.15, 0.2) is 52.7 Å². The average Bonchev–Trinajstić information content (AvgIpc) is 3.00. The second kappa shape index (κ2) is 8.81. The highest BCUT2D eigenvalue weighted by molar-refractivity contribution is 7.99. The number of rotatable bonds is 5. The smallest absolute Gasteiger partial charge is 0.223 e. The summed E-state index contributed by atoms with van der Waals surface area (Å²) >= 11 is 5.59. The van der Waals surface area contributed by atoms with Crippen LogP contribution >= 0.6 is 34.9 Å². The summed E-state index contributed by atoms with van der Waals surface area (Å²) in [5.41, 5.74) is 0. The van der Waals surface area contributed by atoms with Gasteiger partial charge in [0, 0.05) is 46.0 Å². The topological polar surface area (TPSA) is 20.3 Å². The number of thioether (sulfide) groups is 2. The molecule has 0 bridgehead atoms. The minimum Gasteiger partial charge on any atom is -0.342 e. The molecule has 1 amide bonds. The molecule has 2 aromatic rings. The molecule has 1 atom stereocenters. The zero-order valence-corrected chi connectivity index (χ0v) is 15.5. The van der Waals surface area contributed by atoms with Gasteiger partial charge in [-0.3, -0.25) is 4.79 Å². The Morgan fingerprint density at radius 2 is 2.04 bits per heavy atom. The van der Waals surface area contributed by atoms with Crippen molar-refractivity contribution in [1.82, 2.24) is 4.90 Å². The molecule has 1 aliphatic heterocycles. The molecule has 5 heteroatoms. The maximum absolute atomic E-state index is 12.4. The van der Waals surface area contributed by atoms with E-state index in [1.807, 2.05) is 41.3 Å². The molecule has 122 valence electrons. The molecule has 0 N–H and O–H groups in total. The molecule has 0 radical (unpaired) electrons. The number of hydrogen-bond acceptors (Lipinski definition) is 4. The van der Waals surface area contributed by atoms with Crippen LogP contribution in [-0.2, 0) is 4.79 Å². The Morgan fingerprint density at radius 3 is 2.83 bits per heavy atom. The third-order valence-corrected chi connectivity index (χ3v) is 7.34. The van der Waals surface area contributed by atoms with Crippen LogP contribution in [0, 0.1) is 0 Å². The predicted octanol–water partition coefficient (Wildman–Crippen LogP) is 4.94. The van der Waals surface area contributed by atoms with E-state index in [1.54, 1.807) is 11.8 Å². The Kier molecular flexibility index (Phi) is 6.48. The molecule has 1 aromatic heterocycles. The van der Waals surface area contributed by atoms with Crippen molar-refractivity contribution >= 4 is 40.8 Å². The molecule has 0 aliphatic carbocycles. The van der Waals surface area contributed by atoms with E-state index in [2.05, 4.69) is 34.5 Å². The van der Waals surface area contributed by atoms with E-state index >= 15 is 0 Å². The van der Waals surface area contributed by atoms with Gasteiger partial charge < -0.3 is 4.90 Å². The lowest BCUT2D eigenvalue weighted by Crippen LogP contribution is -2.33. The van der Waals surface area contributed by atoms with Gasteiger partial charge in [-0.25, -0.2) is 0 Å². The van der Waals surface area contributed by atoms with Crippen molar-refractivity contribution in [2.24, 2.45) is 0 Å². The molecule has 0 saturated carbocycles. The van der Waals surface area contributed by atoms with Crippen molar-refractivity contribution in [2.45, 2.75) is 23.0 Å². The third-order valence-electron chi connectivity index (χ3n) is 3.88. The van der Waals surface area contributed by atoms with E-state index in [-0.39, 0.29) is 0 Å². The van der Waals surface area contributed by atoms with Gasteiger partial charge in [-0.1, -0.05) is 24.3 Å². The highest BCUT2D eigenvalue weighted by Crippen LogP contribution is 2.36. The van der Waals surface area contributed by atoms with Gasteiger partial charge in [0.25, 0.3) is 0 Å². The fraction of sp³-hybridized carbons (Fsp3) is 0.389.